The summed E-state index contributed by atoms with van der Waals surface area (Å²) in [6.45, 7) is 7.22. The third-order valence-electron chi connectivity index (χ3n) is 1.48. The van der Waals surface area contributed by atoms with Crippen LogP contribution in [0.1, 0.15) is 13.8 Å². The smallest absolute Gasteiger partial charge is 0.109 e. The number of thiol groups is 1. The van der Waals surface area contributed by atoms with Gasteiger partial charge < -0.3 is 0 Å². The first-order valence-corrected chi connectivity index (χ1v) is 4.60. The summed E-state index contributed by atoms with van der Waals surface area (Å²) in [5.74, 6) is 0. The molecule has 0 atom stereocenters. The van der Waals surface area contributed by atoms with Crippen molar-refractivity contribution in [1.82, 2.24) is 0 Å². The highest BCUT2D eigenvalue weighted by Crippen LogP contribution is 2.13. The first-order chi connectivity index (χ1) is 6.67. The monoisotopic (exact) mass is 209 g/mol. The van der Waals surface area contributed by atoms with Gasteiger partial charge in [-0.2, -0.15) is 0 Å². The Hall–Kier alpha value is -1.16. The van der Waals surface area contributed by atoms with E-state index in [1.54, 1.807) is 7.05 Å². The number of nitrogens with zero attached hydrogens (tertiary/aromatic N) is 3. The van der Waals surface area contributed by atoms with Crippen LogP contribution in [0.3, 0.4) is 0 Å². The molecule has 0 N–H and O–H groups in total. The molecular formula is C10H15N3S. The number of aliphatic imine (C=N–C) groups is 3. The van der Waals surface area contributed by atoms with Gasteiger partial charge in [-0.3, -0.25) is 9.98 Å². The van der Waals surface area contributed by atoms with Gasteiger partial charge >= 0.3 is 0 Å². The summed E-state index contributed by atoms with van der Waals surface area (Å²) >= 11 is 4.19. The van der Waals surface area contributed by atoms with E-state index >= 15 is 0 Å². The summed E-state index contributed by atoms with van der Waals surface area (Å²) in [6.07, 6.45) is 5.28. The zero-order valence-electron chi connectivity index (χ0n) is 8.73. The Morgan fingerprint density at radius 2 is 2.07 bits per heavy atom. The normalized spacial score (nSPS) is 15.0. The molecule has 0 rings (SSSR count). The zero-order chi connectivity index (χ0) is 11.0. The molecule has 0 aliphatic rings. The number of hydrogen-bond acceptors (Lipinski definition) is 3. The van der Waals surface area contributed by atoms with Gasteiger partial charge in [-0.15, -0.1) is 12.6 Å². The minimum atomic E-state index is 0.564. The molecule has 76 valence electrons. The Morgan fingerprint density at radius 1 is 1.43 bits per heavy atom. The summed E-state index contributed by atoms with van der Waals surface area (Å²) in [7, 11) is 1.67. The van der Waals surface area contributed by atoms with Gasteiger partial charge in [0, 0.05) is 18.3 Å². The van der Waals surface area contributed by atoms with Gasteiger partial charge in [0.05, 0.1) is 0 Å². The number of allylic oxidation sites excluding steroid dienone is 3. The van der Waals surface area contributed by atoms with Crippen molar-refractivity contribution in [2.45, 2.75) is 13.8 Å². The van der Waals surface area contributed by atoms with Gasteiger partial charge in [0.2, 0.25) is 0 Å². The highest BCUT2D eigenvalue weighted by molar-refractivity contribution is 7.84. The molecule has 0 saturated heterocycles. The van der Waals surface area contributed by atoms with Crippen LogP contribution in [0.4, 0.5) is 0 Å². The molecule has 0 heterocycles. The molecule has 4 heteroatoms. The van der Waals surface area contributed by atoms with Crippen molar-refractivity contribution >= 4 is 31.4 Å². The fraction of sp³-hybridized carbons (Fsp3) is 0.300. The van der Waals surface area contributed by atoms with Gasteiger partial charge in [-0.1, -0.05) is 12.2 Å². The third-order valence-corrected chi connectivity index (χ3v) is 1.86. The Kier molecular flexibility index (Phi) is 6.66. The van der Waals surface area contributed by atoms with Crippen LogP contribution in [-0.2, 0) is 0 Å². The van der Waals surface area contributed by atoms with E-state index in [1.165, 1.54) is 6.34 Å². The standard InChI is InChI=1S/C10H15N3S/c1-5-6-9(10(14)12-4)8(2)13-7-11-3/h5-7,14H,4H2,1-3H3/b6-5-,10-9-,11-7-,13-8+. The van der Waals surface area contributed by atoms with Crippen LogP contribution >= 0.6 is 12.6 Å². The van der Waals surface area contributed by atoms with E-state index in [0.717, 1.165) is 11.3 Å². The van der Waals surface area contributed by atoms with Gasteiger partial charge in [0.25, 0.3) is 0 Å². The zero-order valence-corrected chi connectivity index (χ0v) is 9.62. The second-order valence-electron chi connectivity index (χ2n) is 2.48. The first-order valence-electron chi connectivity index (χ1n) is 4.15. The molecule has 0 fully saturated rings. The molecule has 0 aliphatic heterocycles. The Balaban J connectivity index is 5.13. The quantitative estimate of drug-likeness (QED) is 0.320. The van der Waals surface area contributed by atoms with E-state index in [1.807, 2.05) is 26.0 Å². The lowest BCUT2D eigenvalue weighted by Crippen LogP contribution is -1.97. The van der Waals surface area contributed by atoms with Crippen molar-refractivity contribution in [3.8, 4) is 0 Å². The fourth-order valence-electron chi connectivity index (χ4n) is 0.823. The minimum Gasteiger partial charge on any atom is -0.277 e. The molecular weight excluding hydrogens is 194 g/mol. The van der Waals surface area contributed by atoms with E-state index in [9.17, 15) is 0 Å². The average molecular weight is 209 g/mol. The molecule has 0 aliphatic carbocycles. The predicted molar refractivity (Wildman–Crippen MR) is 67.9 cm³/mol. The maximum atomic E-state index is 4.19. The van der Waals surface area contributed by atoms with E-state index in [-0.39, 0.29) is 0 Å². The fourth-order valence-corrected chi connectivity index (χ4v) is 1.06. The van der Waals surface area contributed by atoms with E-state index in [4.69, 9.17) is 0 Å². The van der Waals surface area contributed by atoms with Gasteiger partial charge in [-0.25, -0.2) is 4.99 Å². The molecule has 0 aromatic carbocycles. The molecule has 0 amide bonds. The topological polar surface area (TPSA) is 37.1 Å². The van der Waals surface area contributed by atoms with Crippen LogP contribution in [0.15, 0.2) is 37.7 Å². The van der Waals surface area contributed by atoms with Crippen molar-refractivity contribution in [3.05, 3.63) is 22.8 Å². The molecule has 0 spiro atoms. The van der Waals surface area contributed by atoms with Crippen molar-refractivity contribution < 1.29 is 0 Å². The maximum Gasteiger partial charge on any atom is 0.109 e. The Morgan fingerprint density at radius 3 is 2.50 bits per heavy atom. The predicted octanol–water partition coefficient (Wildman–Crippen LogP) is 2.52. The summed E-state index contributed by atoms with van der Waals surface area (Å²) in [5.41, 5.74) is 1.66. The summed E-state index contributed by atoms with van der Waals surface area (Å²) < 4.78 is 0. The third kappa shape index (κ3) is 4.18. The van der Waals surface area contributed by atoms with Crippen molar-refractivity contribution in [3.63, 3.8) is 0 Å². The number of hydrogen-bond donors (Lipinski definition) is 1. The molecule has 0 radical (unpaired) electrons. The molecule has 0 aromatic heterocycles. The van der Waals surface area contributed by atoms with Gasteiger partial charge in [0.15, 0.2) is 0 Å². The van der Waals surface area contributed by atoms with Crippen molar-refractivity contribution in [2.75, 3.05) is 7.05 Å². The molecule has 0 aromatic rings. The van der Waals surface area contributed by atoms with Crippen molar-refractivity contribution in [1.29, 1.82) is 0 Å². The van der Waals surface area contributed by atoms with Crippen LogP contribution in [0.25, 0.3) is 0 Å². The Bertz CT molecular complexity index is 311. The first kappa shape index (κ1) is 12.8. The maximum absolute atomic E-state index is 4.19. The average Bonchev–Trinajstić information content (AvgIpc) is 2.21. The molecule has 0 saturated carbocycles. The number of rotatable bonds is 4. The Labute approximate surface area is 90.5 Å². The summed E-state index contributed by atoms with van der Waals surface area (Å²) in [4.78, 5) is 11.6. The van der Waals surface area contributed by atoms with Crippen LogP contribution in [0, 0.1) is 0 Å². The lowest BCUT2D eigenvalue weighted by Gasteiger charge is -2.01. The lowest BCUT2D eigenvalue weighted by atomic mass is 10.2. The highest BCUT2D eigenvalue weighted by Gasteiger charge is 2.01. The minimum absolute atomic E-state index is 0.564. The van der Waals surface area contributed by atoms with Gasteiger partial charge in [0.1, 0.15) is 11.4 Å². The van der Waals surface area contributed by atoms with Crippen LogP contribution in [-0.4, -0.2) is 25.8 Å². The van der Waals surface area contributed by atoms with E-state index < -0.39 is 0 Å². The highest BCUT2D eigenvalue weighted by atomic mass is 32.1. The second-order valence-corrected chi connectivity index (χ2v) is 2.91. The molecule has 0 bridgehead atoms. The van der Waals surface area contributed by atoms with Crippen LogP contribution in [0.5, 0.6) is 0 Å². The molecule has 0 unspecified atom stereocenters. The largest absolute Gasteiger partial charge is 0.277 e. The molecule has 14 heavy (non-hydrogen) atoms. The van der Waals surface area contributed by atoms with Crippen LogP contribution < -0.4 is 0 Å². The van der Waals surface area contributed by atoms with Gasteiger partial charge in [-0.05, 0) is 20.6 Å². The van der Waals surface area contributed by atoms with Crippen molar-refractivity contribution in [2.24, 2.45) is 15.0 Å². The molecule has 3 nitrogen and oxygen atoms in total. The van der Waals surface area contributed by atoms with E-state index in [0.29, 0.717) is 5.03 Å². The SMILES string of the molecule is C=N/C(S)=C(\C=C/C)C(/C)=N/C=N\C. The lowest BCUT2D eigenvalue weighted by molar-refractivity contribution is 1.43. The summed E-state index contributed by atoms with van der Waals surface area (Å²) in [5, 5.41) is 0.564. The van der Waals surface area contributed by atoms with E-state index in [2.05, 4.69) is 34.3 Å². The summed E-state index contributed by atoms with van der Waals surface area (Å²) in [6, 6.07) is 0. The van der Waals surface area contributed by atoms with Crippen LogP contribution in [0.2, 0.25) is 0 Å². The second kappa shape index (κ2) is 7.26.